The van der Waals surface area contributed by atoms with Gasteiger partial charge in [0.1, 0.15) is 0 Å². The Kier molecular flexibility index (Phi) is 5.36. The van der Waals surface area contributed by atoms with Crippen molar-refractivity contribution in [2.24, 2.45) is 0 Å². The highest BCUT2D eigenvalue weighted by Crippen LogP contribution is 2.22. The van der Waals surface area contributed by atoms with Gasteiger partial charge >= 0.3 is 0 Å². The van der Waals surface area contributed by atoms with Crippen LogP contribution in [0.15, 0.2) is 53.7 Å². The first-order chi connectivity index (χ1) is 12.0. The molecular formula is C17H18ClN3O3S. The van der Waals surface area contributed by atoms with Gasteiger partial charge in [-0.2, -0.15) is 4.31 Å². The van der Waals surface area contributed by atoms with E-state index in [9.17, 15) is 13.2 Å². The number of benzene rings is 1. The van der Waals surface area contributed by atoms with Crippen molar-refractivity contribution in [3.63, 3.8) is 0 Å². The van der Waals surface area contributed by atoms with Crippen molar-refractivity contribution in [1.82, 2.24) is 14.6 Å². The molecule has 0 saturated carbocycles. The Morgan fingerprint density at radius 1 is 1.08 bits per heavy atom. The average molecular weight is 380 g/mol. The predicted octanol–water partition coefficient (Wildman–Crippen LogP) is 2.32. The maximum atomic E-state index is 12.6. The summed E-state index contributed by atoms with van der Waals surface area (Å²) in [6.07, 6.45) is 4.28. The second kappa shape index (κ2) is 7.51. The minimum Gasteiger partial charge on any atom is -0.349 e. The van der Waals surface area contributed by atoms with E-state index in [-0.39, 0.29) is 16.8 Å². The first-order valence-corrected chi connectivity index (χ1v) is 9.75. The fourth-order valence-corrected chi connectivity index (χ4v) is 4.36. The molecular weight excluding hydrogens is 362 g/mol. The smallest absolute Gasteiger partial charge is 0.251 e. The number of carbonyl (C=O) groups excluding carboxylic acids is 1. The molecule has 1 amide bonds. The molecule has 2 aromatic rings. The second-order valence-corrected chi connectivity index (χ2v) is 8.22. The zero-order chi connectivity index (χ0) is 17.9. The van der Waals surface area contributed by atoms with E-state index in [4.69, 9.17) is 11.6 Å². The Bertz CT molecular complexity index is 833. The van der Waals surface area contributed by atoms with Gasteiger partial charge < -0.3 is 5.32 Å². The molecule has 1 aliphatic heterocycles. The fourth-order valence-electron chi connectivity index (χ4n) is 2.77. The van der Waals surface area contributed by atoms with Crippen LogP contribution in [0.4, 0.5) is 0 Å². The molecule has 8 heteroatoms. The lowest BCUT2D eigenvalue weighted by atomic mass is 10.1. The molecule has 6 nitrogen and oxygen atoms in total. The third kappa shape index (κ3) is 4.18. The number of sulfonamides is 1. The number of carbonyl (C=O) groups is 1. The number of pyridine rings is 1. The van der Waals surface area contributed by atoms with Crippen LogP contribution < -0.4 is 5.32 Å². The van der Waals surface area contributed by atoms with Gasteiger partial charge in [-0.05, 0) is 49.2 Å². The maximum Gasteiger partial charge on any atom is 0.251 e. The van der Waals surface area contributed by atoms with Crippen LogP contribution in [-0.4, -0.2) is 42.7 Å². The van der Waals surface area contributed by atoms with E-state index < -0.39 is 10.0 Å². The number of nitrogens with zero attached hydrogens (tertiary/aromatic N) is 2. The molecule has 0 spiro atoms. The molecule has 1 aromatic carbocycles. The van der Waals surface area contributed by atoms with E-state index >= 15 is 0 Å². The van der Waals surface area contributed by atoms with Crippen molar-refractivity contribution in [3.8, 4) is 0 Å². The van der Waals surface area contributed by atoms with Crippen molar-refractivity contribution in [2.45, 2.75) is 23.8 Å². The number of nitrogens with one attached hydrogen (secondary N) is 1. The molecule has 3 rings (SSSR count). The number of hydrogen-bond donors (Lipinski definition) is 1. The minimum absolute atomic E-state index is 0.0441. The molecule has 1 aromatic heterocycles. The summed E-state index contributed by atoms with van der Waals surface area (Å²) in [5.74, 6) is -0.165. The van der Waals surface area contributed by atoms with Crippen molar-refractivity contribution >= 4 is 27.5 Å². The van der Waals surface area contributed by atoms with Gasteiger partial charge in [0, 0.05) is 42.1 Å². The molecule has 0 unspecified atom stereocenters. The Morgan fingerprint density at radius 2 is 1.68 bits per heavy atom. The highest BCUT2D eigenvalue weighted by atomic mass is 35.5. The van der Waals surface area contributed by atoms with Gasteiger partial charge in [-0.15, -0.1) is 0 Å². The van der Waals surface area contributed by atoms with Crippen LogP contribution >= 0.6 is 11.6 Å². The van der Waals surface area contributed by atoms with Gasteiger partial charge in [0.15, 0.2) is 0 Å². The summed E-state index contributed by atoms with van der Waals surface area (Å²) in [6, 6.07) is 9.40. The van der Waals surface area contributed by atoms with Gasteiger partial charge in [0.05, 0.1) is 4.90 Å². The molecule has 1 fully saturated rings. The summed E-state index contributed by atoms with van der Waals surface area (Å²) in [4.78, 5) is 16.3. The van der Waals surface area contributed by atoms with E-state index in [1.807, 2.05) is 0 Å². The zero-order valence-corrected chi connectivity index (χ0v) is 15.0. The maximum absolute atomic E-state index is 12.6. The second-order valence-electron chi connectivity index (χ2n) is 5.84. The summed E-state index contributed by atoms with van der Waals surface area (Å²) >= 11 is 5.81. The summed E-state index contributed by atoms with van der Waals surface area (Å²) in [6.45, 7) is 0.735. The van der Waals surface area contributed by atoms with Crippen molar-refractivity contribution in [3.05, 3.63) is 59.4 Å². The molecule has 1 aliphatic rings. The third-order valence-corrected chi connectivity index (χ3v) is 6.35. The van der Waals surface area contributed by atoms with Gasteiger partial charge in [0.2, 0.25) is 10.0 Å². The molecule has 1 saturated heterocycles. The van der Waals surface area contributed by atoms with Crippen LogP contribution in [0.3, 0.4) is 0 Å². The van der Waals surface area contributed by atoms with E-state index in [0.29, 0.717) is 36.5 Å². The monoisotopic (exact) mass is 379 g/mol. The number of halogens is 1. The predicted molar refractivity (Wildman–Crippen MR) is 94.9 cm³/mol. The Morgan fingerprint density at radius 3 is 2.28 bits per heavy atom. The summed E-state index contributed by atoms with van der Waals surface area (Å²) in [5, 5.41) is 3.45. The summed E-state index contributed by atoms with van der Waals surface area (Å²) < 4.78 is 26.7. The summed E-state index contributed by atoms with van der Waals surface area (Å²) in [7, 11) is -3.53. The molecule has 0 aliphatic carbocycles. The average Bonchev–Trinajstić information content (AvgIpc) is 2.63. The van der Waals surface area contributed by atoms with Crippen molar-refractivity contribution < 1.29 is 13.2 Å². The number of aromatic nitrogens is 1. The van der Waals surface area contributed by atoms with Gasteiger partial charge in [-0.25, -0.2) is 8.42 Å². The molecule has 132 valence electrons. The molecule has 0 radical (unpaired) electrons. The quantitative estimate of drug-likeness (QED) is 0.884. The number of amides is 1. The molecule has 0 bridgehead atoms. The number of rotatable bonds is 4. The molecule has 25 heavy (non-hydrogen) atoms. The van der Waals surface area contributed by atoms with Gasteiger partial charge in [0.25, 0.3) is 5.91 Å². The van der Waals surface area contributed by atoms with E-state index in [1.165, 1.54) is 16.4 Å². The Hall–Kier alpha value is -1.96. The van der Waals surface area contributed by atoms with Crippen LogP contribution in [0.1, 0.15) is 23.2 Å². The lowest BCUT2D eigenvalue weighted by Gasteiger charge is -2.31. The number of piperidine rings is 1. The normalized spacial score (nSPS) is 16.5. The SMILES string of the molecule is O=C(NC1CCN(S(=O)(=O)c2ccc(Cl)cc2)CC1)c1ccncc1. The van der Waals surface area contributed by atoms with Crippen molar-refractivity contribution in [2.75, 3.05) is 13.1 Å². The van der Waals surface area contributed by atoms with Crippen LogP contribution in [0.5, 0.6) is 0 Å². The minimum atomic E-state index is -3.53. The van der Waals surface area contributed by atoms with Crippen LogP contribution in [0.2, 0.25) is 5.02 Å². The summed E-state index contributed by atoms with van der Waals surface area (Å²) in [5.41, 5.74) is 0.547. The zero-order valence-electron chi connectivity index (χ0n) is 13.4. The standard InChI is InChI=1S/C17H18ClN3O3S/c18-14-1-3-16(4-2-14)25(23,24)21-11-7-15(8-12-21)20-17(22)13-5-9-19-10-6-13/h1-6,9-10,15H,7-8,11-12H2,(H,20,22). The first-order valence-electron chi connectivity index (χ1n) is 7.93. The highest BCUT2D eigenvalue weighted by molar-refractivity contribution is 7.89. The van der Waals surface area contributed by atoms with E-state index in [0.717, 1.165) is 0 Å². The molecule has 2 heterocycles. The van der Waals surface area contributed by atoms with Crippen molar-refractivity contribution in [1.29, 1.82) is 0 Å². The fraction of sp³-hybridized carbons (Fsp3) is 0.294. The largest absolute Gasteiger partial charge is 0.349 e. The van der Waals surface area contributed by atoms with Crippen LogP contribution in [0, 0.1) is 0 Å². The van der Waals surface area contributed by atoms with Crippen LogP contribution in [-0.2, 0) is 10.0 Å². The highest BCUT2D eigenvalue weighted by Gasteiger charge is 2.30. The topological polar surface area (TPSA) is 79.4 Å². The molecule has 1 N–H and O–H groups in total. The van der Waals surface area contributed by atoms with Gasteiger partial charge in [-0.3, -0.25) is 9.78 Å². The lowest BCUT2D eigenvalue weighted by Crippen LogP contribution is -2.46. The van der Waals surface area contributed by atoms with E-state index in [1.54, 1.807) is 36.7 Å². The Labute approximate surface area is 151 Å². The third-order valence-electron chi connectivity index (χ3n) is 4.18. The van der Waals surface area contributed by atoms with Gasteiger partial charge in [-0.1, -0.05) is 11.6 Å². The Balaban J connectivity index is 1.60. The molecule has 0 atom stereocenters. The lowest BCUT2D eigenvalue weighted by molar-refractivity contribution is 0.0923. The first kappa shape index (κ1) is 17.8. The van der Waals surface area contributed by atoms with Crippen LogP contribution in [0.25, 0.3) is 0 Å². The van der Waals surface area contributed by atoms with E-state index in [2.05, 4.69) is 10.3 Å². The number of hydrogen-bond acceptors (Lipinski definition) is 4.